The van der Waals surface area contributed by atoms with Crippen LogP contribution >= 0.6 is 0 Å². The van der Waals surface area contributed by atoms with Crippen LogP contribution in [0.5, 0.6) is 0 Å². The van der Waals surface area contributed by atoms with Gasteiger partial charge in [0.1, 0.15) is 5.41 Å². The number of rotatable bonds is 4. The number of hydrogen-bond acceptors (Lipinski definition) is 4. The molecule has 1 N–H and O–H groups in total. The molecule has 0 bridgehead atoms. The lowest BCUT2D eigenvalue weighted by molar-refractivity contribution is -0.145. The average molecular weight is 345 g/mol. The van der Waals surface area contributed by atoms with Crippen LogP contribution in [-0.2, 0) is 14.3 Å². The monoisotopic (exact) mass is 345 g/mol. The van der Waals surface area contributed by atoms with Gasteiger partial charge in [-0.15, -0.1) is 0 Å². The van der Waals surface area contributed by atoms with Gasteiger partial charge in [0.25, 0.3) is 0 Å². The molecule has 3 rings (SSSR count). The number of likely N-dealkylation sites (tertiary alicyclic amines) is 1. The number of anilines is 2. The fourth-order valence-electron chi connectivity index (χ4n) is 3.35. The highest BCUT2D eigenvalue weighted by Gasteiger charge is 2.40. The predicted octanol–water partition coefficient (Wildman–Crippen LogP) is 2.11. The van der Waals surface area contributed by atoms with E-state index in [9.17, 15) is 9.59 Å². The Balaban J connectivity index is 1.75. The normalized spacial score (nSPS) is 18.3. The molecule has 0 spiro atoms. The minimum absolute atomic E-state index is 0.0913. The number of nitrogens with one attached hydrogen (secondary N) is 1. The van der Waals surface area contributed by atoms with E-state index in [0.29, 0.717) is 13.2 Å². The summed E-state index contributed by atoms with van der Waals surface area (Å²) >= 11 is 0. The minimum atomic E-state index is -1.08. The van der Waals surface area contributed by atoms with E-state index >= 15 is 0 Å². The van der Waals surface area contributed by atoms with Crippen molar-refractivity contribution in [1.29, 1.82) is 0 Å². The van der Waals surface area contributed by atoms with Gasteiger partial charge >= 0.3 is 0 Å². The third-order valence-corrected chi connectivity index (χ3v) is 5.00. The molecule has 2 aliphatic rings. The molecular formula is C19H27N3O3. The summed E-state index contributed by atoms with van der Waals surface area (Å²) in [6, 6.07) is 7.74. The maximum absolute atomic E-state index is 12.9. The topological polar surface area (TPSA) is 61.9 Å². The Kier molecular flexibility index (Phi) is 5.27. The molecule has 25 heavy (non-hydrogen) atoms. The van der Waals surface area contributed by atoms with Crippen LogP contribution in [0.15, 0.2) is 24.3 Å². The molecule has 6 nitrogen and oxygen atoms in total. The highest BCUT2D eigenvalue weighted by atomic mass is 16.5. The Bertz CT molecular complexity index is 633. The first-order chi connectivity index (χ1) is 12.0. The third kappa shape index (κ3) is 3.79. The minimum Gasteiger partial charge on any atom is -0.378 e. The Hall–Kier alpha value is -2.08. The van der Waals surface area contributed by atoms with Crippen molar-refractivity contribution in [2.45, 2.75) is 26.7 Å². The molecular weight excluding hydrogens is 318 g/mol. The molecule has 0 saturated carbocycles. The van der Waals surface area contributed by atoms with Gasteiger partial charge in [-0.25, -0.2) is 0 Å². The molecule has 0 aliphatic carbocycles. The molecule has 1 aromatic rings. The quantitative estimate of drug-likeness (QED) is 0.849. The van der Waals surface area contributed by atoms with Crippen LogP contribution in [0, 0.1) is 5.41 Å². The standard InChI is InChI=1S/C19H27N3O3/c1-19(2,18(24)22-9-5-6-10-22)17(23)20-15-7-3-4-8-16(15)21-11-13-25-14-12-21/h3-4,7-8H,5-6,9-14H2,1-2H3,(H,20,23). The molecule has 1 aromatic carbocycles. The number of carbonyl (C=O) groups is 2. The summed E-state index contributed by atoms with van der Waals surface area (Å²) in [6.45, 7) is 7.87. The van der Waals surface area contributed by atoms with Gasteiger partial charge in [0.05, 0.1) is 24.6 Å². The lowest BCUT2D eigenvalue weighted by Crippen LogP contribution is -2.46. The molecule has 2 amide bonds. The number of nitrogens with zero attached hydrogens (tertiary/aromatic N) is 2. The van der Waals surface area contributed by atoms with Crippen molar-refractivity contribution < 1.29 is 14.3 Å². The van der Waals surface area contributed by atoms with Gasteiger partial charge in [0.2, 0.25) is 11.8 Å². The molecule has 6 heteroatoms. The van der Waals surface area contributed by atoms with Gasteiger partial charge in [0, 0.05) is 26.2 Å². The summed E-state index contributed by atoms with van der Waals surface area (Å²) in [4.78, 5) is 29.6. The van der Waals surface area contributed by atoms with Crippen molar-refractivity contribution in [2.24, 2.45) is 5.41 Å². The second-order valence-electron chi connectivity index (χ2n) is 7.20. The van der Waals surface area contributed by atoms with Gasteiger partial charge in [-0.1, -0.05) is 12.1 Å². The number of ether oxygens (including phenoxy) is 1. The SMILES string of the molecule is CC(C)(C(=O)Nc1ccccc1N1CCOCC1)C(=O)N1CCCC1. The van der Waals surface area contributed by atoms with Crippen LogP contribution < -0.4 is 10.2 Å². The molecule has 0 atom stereocenters. The van der Waals surface area contributed by atoms with Gasteiger partial charge in [-0.2, -0.15) is 0 Å². The first-order valence-electron chi connectivity index (χ1n) is 9.03. The van der Waals surface area contributed by atoms with E-state index in [4.69, 9.17) is 4.74 Å². The van der Waals surface area contributed by atoms with Crippen LogP contribution in [0.2, 0.25) is 0 Å². The molecule has 2 fully saturated rings. The number of benzene rings is 1. The zero-order valence-corrected chi connectivity index (χ0v) is 15.1. The van der Waals surface area contributed by atoms with Crippen molar-refractivity contribution in [1.82, 2.24) is 4.90 Å². The average Bonchev–Trinajstić information content (AvgIpc) is 3.16. The maximum atomic E-state index is 12.9. The lowest BCUT2D eigenvalue weighted by atomic mass is 9.90. The van der Waals surface area contributed by atoms with Crippen molar-refractivity contribution in [2.75, 3.05) is 49.6 Å². The van der Waals surface area contributed by atoms with Gasteiger partial charge in [-0.3, -0.25) is 9.59 Å². The van der Waals surface area contributed by atoms with Crippen LogP contribution in [0.1, 0.15) is 26.7 Å². The Morgan fingerprint density at radius 1 is 1.04 bits per heavy atom. The Labute approximate surface area is 149 Å². The van der Waals surface area contributed by atoms with Gasteiger partial charge in [0.15, 0.2) is 0 Å². The van der Waals surface area contributed by atoms with E-state index < -0.39 is 5.41 Å². The summed E-state index contributed by atoms with van der Waals surface area (Å²) in [7, 11) is 0. The Morgan fingerprint density at radius 2 is 1.68 bits per heavy atom. The Morgan fingerprint density at radius 3 is 2.36 bits per heavy atom. The van der Waals surface area contributed by atoms with Crippen molar-refractivity contribution in [3.05, 3.63) is 24.3 Å². The first-order valence-corrected chi connectivity index (χ1v) is 9.03. The van der Waals surface area contributed by atoms with E-state index in [-0.39, 0.29) is 11.8 Å². The molecule has 0 aromatic heterocycles. The number of carbonyl (C=O) groups excluding carboxylic acids is 2. The second-order valence-corrected chi connectivity index (χ2v) is 7.20. The van der Waals surface area contributed by atoms with Crippen molar-refractivity contribution >= 4 is 23.2 Å². The molecule has 2 aliphatic heterocycles. The van der Waals surface area contributed by atoms with E-state index in [2.05, 4.69) is 10.2 Å². The van der Waals surface area contributed by atoms with Crippen molar-refractivity contribution in [3.63, 3.8) is 0 Å². The fourth-order valence-corrected chi connectivity index (χ4v) is 3.35. The second kappa shape index (κ2) is 7.44. The maximum Gasteiger partial charge on any atom is 0.239 e. The highest BCUT2D eigenvalue weighted by Crippen LogP contribution is 2.29. The summed E-state index contributed by atoms with van der Waals surface area (Å²) < 4.78 is 5.41. The van der Waals surface area contributed by atoms with E-state index in [0.717, 1.165) is 50.4 Å². The van der Waals surface area contributed by atoms with Crippen LogP contribution in [-0.4, -0.2) is 56.1 Å². The third-order valence-electron chi connectivity index (χ3n) is 5.00. The number of amides is 2. The van der Waals surface area contributed by atoms with Gasteiger partial charge < -0.3 is 19.9 Å². The molecule has 0 radical (unpaired) electrons. The summed E-state index contributed by atoms with van der Waals surface area (Å²) in [5.41, 5.74) is 0.642. The zero-order chi connectivity index (χ0) is 17.9. The zero-order valence-electron chi connectivity index (χ0n) is 15.1. The van der Waals surface area contributed by atoms with E-state index in [1.165, 1.54) is 0 Å². The predicted molar refractivity (Wildman–Crippen MR) is 97.7 cm³/mol. The number of hydrogen-bond donors (Lipinski definition) is 1. The van der Waals surface area contributed by atoms with Gasteiger partial charge in [-0.05, 0) is 38.8 Å². The summed E-state index contributed by atoms with van der Waals surface area (Å²) in [6.07, 6.45) is 2.03. The lowest BCUT2D eigenvalue weighted by Gasteiger charge is -2.32. The highest BCUT2D eigenvalue weighted by molar-refractivity contribution is 6.10. The van der Waals surface area contributed by atoms with Crippen molar-refractivity contribution in [3.8, 4) is 0 Å². The largest absolute Gasteiger partial charge is 0.378 e. The summed E-state index contributed by atoms with van der Waals surface area (Å²) in [5, 5.41) is 2.98. The van der Waals surface area contributed by atoms with E-state index in [1.807, 2.05) is 24.3 Å². The van der Waals surface area contributed by atoms with Crippen LogP contribution in [0.3, 0.4) is 0 Å². The smallest absolute Gasteiger partial charge is 0.239 e. The van der Waals surface area contributed by atoms with Crippen LogP contribution in [0.25, 0.3) is 0 Å². The molecule has 2 saturated heterocycles. The molecule has 136 valence electrons. The fraction of sp³-hybridized carbons (Fsp3) is 0.579. The number of morpholine rings is 1. The molecule has 2 heterocycles. The van der Waals surface area contributed by atoms with Crippen LogP contribution in [0.4, 0.5) is 11.4 Å². The van der Waals surface area contributed by atoms with E-state index in [1.54, 1.807) is 18.7 Å². The summed E-state index contributed by atoms with van der Waals surface area (Å²) in [5.74, 6) is -0.350. The first kappa shape index (κ1) is 17.7. The molecule has 0 unspecified atom stereocenters. The number of para-hydroxylation sites is 2.